The molecule has 0 radical (unpaired) electrons. The topological polar surface area (TPSA) is 104 Å². The van der Waals surface area contributed by atoms with Crippen LogP contribution >= 0.6 is 11.3 Å². The number of hydrogen-bond donors (Lipinski definition) is 2. The van der Waals surface area contributed by atoms with Gasteiger partial charge >= 0.3 is 0 Å². The lowest BCUT2D eigenvalue weighted by Gasteiger charge is -2.31. The molecule has 31 heavy (non-hydrogen) atoms. The molecule has 5 rings (SSSR count). The van der Waals surface area contributed by atoms with E-state index in [1.54, 1.807) is 0 Å². The van der Waals surface area contributed by atoms with Gasteiger partial charge in [0.25, 0.3) is 5.91 Å². The van der Waals surface area contributed by atoms with Gasteiger partial charge in [-0.15, -0.1) is 11.3 Å². The van der Waals surface area contributed by atoms with Crippen LogP contribution in [-0.4, -0.2) is 49.7 Å². The van der Waals surface area contributed by atoms with Crippen molar-refractivity contribution in [3.05, 3.63) is 59.9 Å². The standard InChI is InChI=1S/C22H20N6O2S/c29-20(14-7-10-28(11-8-14)21(30)15-4-2-1-3-5-15)27-22-26-17(12-31-22)18-16-6-9-23-19(16)25-13-24-18/h1-6,9,12-14H,7-8,10-11H2,(H,23,24,25)(H,26,27,29). The maximum Gasteiger partial charge on any atom is 0.253 e. The Morgan fingerprint density at radius 1 is 1.10 bits per heavy atom. The molecule has 0 aliphatic carbocycles. The van der Waals surface area contributed by atoms with Crippen molar-refractivity contribution < 1.29 is 9.59 Å². The number of piperidine rings is 1. The molecule has 0 atom stereocenters. The molecule has 2 amide bonds. The van der Waals surface area contributed by atoms with Gasteiger partial charge in [-0.2, -0.15) is 0 Å². The Morgan fingerprint density at radius 3 is 2.71 bits per heavy atom. The summed E-state index contributed by atoms with van der Waals surface area (Å²) in [6.45, 7) is 1.14. The van der Waals surface area contributed by atoms with E-state index in [0.717, 1.165) is 16.7 Å². The molecule has 0 spiro atoms. The number of rotatable bonds is 4. The minimum absolute atomic E-state index is 0.0185. The van der Waals surface area contributed by atoms with Crippen molar-refractivity contribution in [2.24, 2.45) is 5.92 Å². The van der Waals surface area contributed by atoms with E-state index >= 15 is 0 Å². The smallest absolute Gasteiger partial charge is 0.253 e. The van der Waals surface area contributed by atoms with Crippen molar-refractivity contribution in [1.29, 1.82) is 0 Å². The first-order chi connectivity index (χ1) is 15.2. The molecule has 1 saturated heterocycles. The molecule has 1 aromatic carbocycles. The molecule has 0 bridgehead atoms. The maximum atomic E-state index is 12.8. The number of amides is 2. The second-order valence-corrected chi connectivity index (χ2v) is 8.28. The monoisotopic (exact) mass is 432 g/mol. The summed E-state index contributed by atoms with van der Waals surface area (Å²) < 4.78 is 0. The van der Waals surface area contributed by atoms with Gasteiger partial charge < -0.3 is 15.2 Å². The molecule has 1 aliphatic rings. The summed E-state index contributed by atoms with van der Waals surface area (Å²) in [6, 6.07) is 11.2. The van der Waals surface area contributed by atoms with Crippen LogP contribution in [0.1, 0.15) is 23.2 Å². The van der Waals surface area contributed by atoms with Crippen LogP contribution < -0.4 is 5.32 Å². The first-order valence-corrected chi connectivity index (χ1v) is 11.0. The first kappa shape index (κ1) is 19.4. The number of aromatic nitrogens is 4. The Bertz CT molecular complexity index is 1230. The molecule has 4 aromatic rings. The van der Waals surface area contributed by atoms with E-state index < -0.39 is 0 Å². The quantitative estimate of drug-likeness (QED) is 0.513. The fourth-order valence-corrected chi connectivity index (χ4v) is 4.53. The summed E-state index contributed by atoms with van der Waals surface area (Å²) in [5.74, 6) is -0.172. The van der Waals surface area contributed by atoms with Gasteiger partial charge in [-0.05, 0) is 31.0 Å². The molecule has 3 aromatic heterocycles. The molecule has 0 unspecified atom stereocenters. The molecule has 156 valence electrons. The highest BCUT2D eigenvalue weighted by atomic mass is 32.1. The number of carbonyl (C=O) groups is 2. The van der Waals surface area contributed by atoms with Crippen LogP contribution in [0.25, 0.3) is 22.4 Å². The van der Waals surface area contributed by atoms with Gasteiger partial charge in [-0.3, -0.25) is 9.59 Å². The van der Waals surface area contributed by atoms with Gasteiger partial charge in [-0.25, -0.2) is 15.0 Å². The lowest BCUT2D eigenvalue weighted by atomic mass is 9.95. The maximum absolute atomic E-state index is 12.8. The van der Waals surface area contributed by atoms with Gasteiger partial charge in [0.1, 0.15) is 23.4 Å². The van der Waals surface area contributed by atoms with Crippen molar-refractivity contribution in [2.45, 2.75) is 12.8 Å². The van der Waals surface area contributed by atoms with E-state index in [1.807, 2.05) is 52.9 Å². The number of thiazole rings is 1. The summed E-state index contributed by atoms with van der Waals surface area (Å²) in [5.41, 5.74) is 2.87. The summed E-state index contributed by atoms with van der Waals surface area (Å²) in [4.78, 5) is 43.3. The number of anilines is 1. The Balaban J connectivity index is 1.21. The average Bonchev–Trinajstić information content (AvgIpc) is 3.49. The molecule has 9 heteroatoms. The Kier molecular flexibility index (Phi) is 5.17. The van der Waals surface area contributed by atoms with E-state index in [2.05, 4.69) is 25.3 Å². The molecule has 4 heterocycles. The zero-order valence-corrected chi connectivity index (χ0v) is 17.4. The number of nitrogens with zero attached hydrogens (tertiary/aromatic N) is 4. The van der Waals surface area contributed by atoms with E-state index in [1.165, 1.54) is 17.7 Å². The van der Waals surface area contributed by atoms with Gasteiger partial charge in [0, 0.05) is 41.5 Å². The molecule has 2 N–H and O–H groups in total. The first-order valence-electron chi connectivity index (χ1n) is 10.1. The minimum Gasteiger partial charge on any atom is -0.346 e. The third-order valence-electron chi connectivity index (χ3n) is 5.50. The second kappa shape index (κ2) is 8.27. The third-order valence-corrected chi connectivity index (χ3v) is 6.26. The number of nitrogens with one attached hydrogen (secondary N) is 2. The van der Waals surface area contributed by atoms with E-state index in [-0.39, 0.29) is 17.7 Å². The fourth-order valence-electron chi connectivity index (χ4n) is 3.83. The number of likely N-dealkylation sites (tertiary alicyclic amines) is 1. The van der Waals surface area contributed by atoms with Crippen molar-refractivity contribution in [3.63, 3.8) is 0 Å². The summed E-state index contributed by atoms with van der Waals surface area (Å²) in [6.07, 6.45) is 4.58. The van der Waals surface area contributed by atoms with Crippen LogP contribution in [0, 0.1) is 5.92 Å². The van der Waals surface area contributed by atoms with Crippen molar-refractivity contribution in [1.82, 2.24) is 24.8 Å². The van der Waals surface area contributed by atoms with Gasteiger partial charge in [0.05, 0.1) is 0 Å². The summed E-state index contributed by atoms with van der Waals surface area (Å²) >= 11 is 1.37. The van der Waals surface area contributed by atoms with E-state index in [4.69, 9.17) is 0 Å². The zero-order chi connectivity index (χ0) is 21.2. The number of benzene rings is 1. The number of hydrogen-bond acceptors (Lipinski definition) is 6. The largest absolute Gasteiger partial charge is 0.346 e. The van der Waals surface area contributed by atoms with Crippen LogP contribution in [0.5, 0.6) is 0 Å². The molecule has 1 aliphatic heterocycles. The van der Waals surface area contributed by atoms with E-state index in [0.29, 0.717) is 42.3 Å². The van der Waals surface area contributed by atoms with Crippen LogP contribution in [0.4, 0.5) is 5.13 Å². The average molecular weight is 433 g/mol. The predicted octanol–water partition coefficient (Wildman–Crippen LogP) is 3.57. The van der Waals surface area contributed by atoms with Gasteiger partial charge in [-0.1, -0.05) is 18.2 Å². The SMILES string of the molecule is O=C(Nc1nc(-c2ncnc3[nH]ccc23)cs1)C1CCN(C(=O)c2ccccc2)CC1. The van der Waals surface area contributed by atoms with E-state index in [9.17, 15) is 9.59 Å². The Hall–Kier alpha value is -3.59. The highest BCUT2D eigenvalue weighted by Gasteiger charge is 2.28. The van der Waals surface area contributed by atoms with Crippen LogP contribution in [0.2, 0.25) is 0 Å². The molecule has 1 fully saturated rings. The Labute approximate surface area is 182 Å². The normalized spacial score (nSPS) is 14.6. The number of aromatic amines is 1. The van der Waals surface area contributed by atoms with Crippen molar-refractivity contribution in [3.8, 4) is 11.4 Å². The summed E-state index contributed by atoms with van der Waals surface area (Å²) in [5, 5.41) is 6.25. The summed E-state index contributed by atoms with van der Waals surface area (Å²) in [7, 11) is 0. The van der Waals surface area contributed by atoms with Gasteiger partial charge in [0.15, 0.2) is 5.13 Å². The van der Waals surface area contributed by atoms with Crippen molar-refractivity contribution in [2.75, 3.05) is 18.4 Å². The van der Waals surface area contributed by atoms with Crippen LogP contribution in [-0.2, 0) is 4.79 Å². The highest BCUT2D eigenvalue weighted by molar-refractivity contribution is 7.14. The molecular formula is C22H20N6O2S. The Morgan fingerprint density at radius 2 is 1.90 bits per heavy atom. The van der Waals surface area contributed by atoms with Crippen LogP contribution in [0.3, 0.4) is 0 Å². The molecule has 8 nitrogen and oxygen atoms in total. The molecule has 0 saturated carbocycles. The second-order valence-electron chi connectivity index (χ2n) is 7.42. The predicted molar refractivity (Wildman–Crippen MR) is 119 cm³/mol. The highest BCUT2D eigenvalue weighted by Crippen LogP contribution is 2.29. The lowest BCUT2D eigenvalue weighted by molar-refractivity contribution is -0.121. The number of fused-ring (bicyclic) bond motifs is 1. The fraction of sp³-hybridized carbons (Fsp3) is 0.227. The molecular weight excluding hydrogens is 412 g/mol. The third kappa shape index (κ3) is 3.91. The number of carbonyl (C=O) groups excluding carboxylic acids is 2. The van der Waals surface area contributed by atoms with Crippen LogP contribution in [0.15, 0.2) is 54.3 Å². The van der Waals surface area contributed by atoms with Gasteiger partial charge in [0.2, 0.25) is 5.91 Å². The minimum atomic E-state index is -0.136. The lowest BCUT2D eigenvalue weighted by Crippen LogP contribution is -2.41. The van der Waals surface area contributed by atoms with Crippen molar-refractivity contribution >= 4 is 39.3 Å². The number of H-pyrrole nitrogens is 1. The zero-order valence-electron chi connectivity index (χ0n) is 16.6.